The van der Waals surface area contributed by atoms with Gasteiger partial charge in [-0.25, -0.2) is 0 Å². The molecule has 2 rings (SSSR count). The van der Waals surface area contributed by atoms with Crippen LogP contribution in [0.4, 0.5) is 0 Å². The van der Waals surface area contributed by atoms with E-state index in [4.69, 9.17) is 5.73 Å². The van der Waals surface area contributed by atoms with E-state index in [2.05, 4.69) is 13.8 Å². The smallest absolute Gasteiger partial charge is 0.0193 e. The molecule has 0 aromatic carbocycles. The van der Waals surface area contributed by atoms with Crippen molar-refractivity contribution < 1.29 is 0 Å². The zero-order valence-electron chi connectivity index (χ0n) is 6.98. The Morgan fingerprint density at radius 2 is 1.70 bits per heavy atom. The summed E-state index contributed by atoms with van der Waals surface area (Å²) in [5.41, 5.74) is 7.00. The molecule has 0 saturated heterocycles. The van der Waals surface area contributed by atoms with Crippen LogP contribution in [0.25, 0.3) is 0 Å². The fourth-order valence-electron chi connectivity index (χ4n) is 2.68. The Bertz CT molecular complexity index is 148. The number of nitrogens with two attached hydrogens (primary N) is 1. The summed E-state index contributed by atoms with van der Waals surface area (Å²) in [5.74, 6) is 0.889. The van der Waals surface area contributed by atoms with Crippen LogP contribution in [0, 0.1) is 11.3 Å². The molecule has 0 heterocycles. The van der Waals surface area contributed by atoms with E-state index in [-0.39, 0.29) is 5.54 Å². The lowest BCUT2D eigenvalue weighted by atomic mass is 9.58. The third-order valence-corrected chi connectivity index (χ3v) is 3.01. The van der Waals surface area contributed by atoms with Crippen molar-refractivity contribution in [2.45, 2.75) is 45.1 Å². The van der Waals surface area contributed by atoms with Crippen LogP contribution >= 0.6 is 0 Å². The summed E-state index contributed by atoms with van der Waals surface area (Å²) in [7, 11) is 0. The summed E-state index contributed by atoms with van der Waals surface area (Å²) in [5, 5.41) is 0. The van der Waals surface area contributed by atoms with Gasteiger partial charge in [-0.3, -0.25) is 0 Å². The van der Waals surface area contributed by atoms with Gasteiger partial charge in [0.15, 0.2) is 0 Å². The number of rotatable bonds is 1. The Kier molecular flexibility index (Phi) is 1.05. The third-order valence-electron chi connectivity index (χ3n) is 3.01. The molecule has 0 spiro atoms. The first-order valence-corrected chi connectivity index (χ1v) is 4.31. The molecule has 0 bridgehead atoms. The Hall–Kier alpha value is -0.0400. The molecule has 58 valence electrons. The lowest BCUT2D eigenvalue weighted by Gasteiger charge is -2.51. The van der Waals surface area contributed by atoms with Crippen LogP contribution in [-0.2, 0) is 0 Å². The molecule has 0 radical (unpaired) electrons. The summed E-state index contributed by atoms with van der Waals surface area (Å²) in [6.07, 6.45) is 5.30. The highest BCUT2D eigenvalue weighted by atomic mass is 14.8. The van der Waals surface area contributed by atoms with Crippen molar-refractivity contribution in [2.24, 2.45) is 17.1 Å². The topological polar surface area (TPSA) is 26.0 Å². The summed E-state index contributed by atoms with van der Waals surface area (Å²) in [6, 6.07) is 0. The van der Waals surface area contributed by atoms with Crippen LogP contribution < -0.4 is 5.73 Å². The quantitative estimate of drug-likeness (QED) is 0.590. The van der Waals surface area contributed by atoms with Crippen LogP contribution in [0.3, 0.4) is 0 Å². The summed E-state index contributed by atoms with van der Waals surface area (Å²) in [6.45, 7) is 4.64. The van der Waals surface area contributed by atoms with Crippen molar-refractivity contribution in [2.75, 3.05) is 0 Å². The summed E-state index contributed by atoms with van der Waals surface area (Å²) >= 11 is 0. The van der Waals surface area contributed by atoms with Crippen molar-refractivity contribution in [1.82, 2.24) is 0 Å². The average molecular weight is 139 g/mol. The largest absolute Gasteiger partial charge is 0.325 e. The monoisotopic (exact) mass is 139 g/mol. The molecule has 1 nitrogen and oxygen atoms in total. The van der Waals surface area contributed by atoms with Crippen LogP contribution in [0.1, 0.15) is 39.5 Å². The summed E-state index contributed by atoms with van der Waals surface area (Å²) < 4.78 is 0. The van der Waals surface area contributed by atoms with Gasteiger partial charge in [0.2, 0.25) is 0 Å². The van der Waals surface area contributed by atoms with Crippen molar-refractivity contribution in [1.29, 1.82) is 0 Å². The molecule has 2 N–H and O–H groups in total. The average Bonchev–Trinajstić information content (AvgIpc) is 2.34. The standard InChI is InChI=1S/C9H17N/c1-8(2)5-9(10,6-8)7-3-4-7/h7H,3-6,10H2,1-2H3. The molecule has 2 saturated carbocycles. The molecule has 0 aliphatic heterocycles. The highest BCUT2D eigenvalue weighted by Crippen LogP contribution is 2.56. The normalized spacial score (nSPS) is 35.1. The lowest BCUT2D eigenvalue weighted by molar-refractivity contribution is 0.0464. The lowest BCUT2D eigenvalue weighted by Crippen LogP contribution is -2.57. The second kappa shape index (κ2) is 1.58. The van der Waals surface area contributed by atoms with Gasteiger partial charge in [-0.05, 0) is 37.0 Å². The van der Waals surface area contributed by atoms with Gasteiger partial charge in [-0.1, -0.05) is 13.8 Å². The van der Waals surface area contributed by atoms with Gasteiger partial charge >= 0.3 is 0 Å². The van der Waals surface area contributed by atoms with Crippen LogP contribution in [0.15, 0.2) is 0 Å². The van der Waals surface area contributed by atoms with Crippen molar-refractivity contribution in [3.63, 3.8) is 0 Å². The van der Waals surface area contributed by atoms with Crippen LogP contribution in [0.2, 0.25) is 0 Å². The molecular weight excluding hydrogens is 122 g/mol. The molecule has 2 fully saturated rings. The molecule has 0 amide bonds. The first-order valence-electron chi connectivity index (χ1n) is 4.31. The maximum Gasteiger partial charge on any atom is 0.0193 e. The van der Waals surface area contributed by atoms with Gasteiger partial charge in [0.1, 0.15) is 0 Å². The molecule has 0 aromatic rings. The first-order chi connectivity index (χ1) is 4.52. The fraction of sp³-hybridized carbons (Fsp3) is 1.00. The highest BCUT2D eigenvalue weighted by Gasteiger charge is 2.54. The maximum absolute atomic E-state index is 6.18. The van der Waals surface area contributed by atoms with E-state index in [0.29, 0.717) is 5.41 Å². The van der Waals surface area contributed by atoms with E-state index in [1.165, 1.54) is 25.7 Å². The third kappa shape index (κ3) is 0.878. The van der Waals surface area contributed by atoms with E-state index >= 15 is 0 Å². The molecule has 2 aliphatic carbocycles. The second-order valence-corrected chi connectivity index (χ2v) is 5.03. The molecule has 10 heavy (non-hydrogen) atoms. The van der Waals surface area contributed by atoms with Gasteiger partial charge in [0, 0.05) is 5.54 Å². The molecule has 0 atom stereocenters. The second-order valence-electron chi connectivity index (χ2n) is 5.03. The molecular formula is C9H17N. The zero-order valence-corrected chi connectivity index (χ0v) is 6.98. The van der Waals surface area contributed by atoms with E-state index in [1.54, 1.807) is 0 Å². The van der Waals surface area contributed by atoms with Gasteiger partial charge in [0.25, 0.3) is 0 Å². The SMILES string of the molecule is CC1(C)CC(N)(C2CC2)C1. The Labute approximate surface area is 63.0 Å². The number of hydrogen-bond donors (Lipinski definition) is 1. The predicted octanol–water partition coefficient (Wildman–Crippen LogP) is 1.91. The minimum absolute atomic E-state index is 0.267. The molecule has 1 heteroatoms. The van der Waals surface area contributed by atoms with Crippen molar-refractivity contribution in [3.05, 3.63) is 0 Å². The predicted molar refractivity (Wildman–Crippen MR) is 42.7 cm³/mol. The molecule has 2 aliphatic rings. The summed E-state index contributed by atoms with van der Waals surface area (Å²) in [4.78, 5) is 0. The van der Waals surface area contributed by atoms with Gasteiger partial charge in [-0.15, -0.1) is 0 Å². The first kappa shape index (κ1) is 6.66. The Morgan fingerprint density at radius 3 is 2.00 bits per heavy atom. The van der Waals surface area contributed by atoms with E-state index in [1.807, 2.05) is 0 Å². The van der Waals surface area contributed by atoms with E-state index in [9.17, 15) is 0 Å². The van der Waals surface area contributed by atoms with Gasteiger partial charge in [-0.2, -0.15) is 0 Å². The van der Waals surface area contributed by atoms with E-state index < -0.39 is 0 Å². The highest BCUT2D eigenvalue weighted by molar-refractivity contribution is 5.10. The molecule has 0 unspecified atom stereocenters. The maximum atomic E-state index is 6.18. The van der Waals surface area contributed by atoms with Crippen molar-refractivity contribution >= 4 is 0 Å². The minimum Gasteiger partial charge on any atom is -0.325 e. The van der Waals surface area contributed by atoms with Gasteiger partial charge < -0.3 is 5.73 Å². The van der Waals surface area contributed by atoms with Crippen LogP contribution in [0.5, 0.6) is 0 Å². The fourth-order valence-corrected chi connectivity index (χ4v) is 2.68. The Morgan fingerprint density at radius 1 is 1.20 bits per heavy atom. The zero-order chi connectivity index (χ0) is 7.41. The van der Waals surface area contributed by atoms with Crippen molar-refractivity contribution in [3.8, 4) is 0 Å². The van der Waals surface area contributed by atoms with E-state index in [0.717, 1.165) is 5.92 Å². The number of hydrogen-bond acceptors (Lipinski definition) is 1. The Balaban J connectivity index is 1.97. The minimum atomic E-state index is 0.267. The van der Waals surface area contributed by atoms with Crippen LogP contribution in [-0.4, -0.2) is 5.54 Å². The molecule has 0 aromatic heterocycles. The van der Waals surface area contributed by atoms with Gasteiger partial charge in [0.05, 0.1) is 0 Å².